The zero-order valence-electron chi connectivity index (χ0n) is 17.5. The van der Waals surface area contributed by atoms with Crippen LogP contribution in [0.15, 0.2) is 57.2 Å². The van der Waals surface area contributed by atoms with Gasteiger partial charge in [0.2, 0.25) is 5.91 Å². The van der Waals surface area contributed by atoms with E-state index >= 15 is 0 Å². The Morgan fingerprint density at radius 3 is 2.29 bits per heavy atom. The molecule has 162 valence electrons. The smallest absolute Gasteiger partial charge is 0.217 e. The van der Waals surface area contributed by atoms with Crippen molar-refractivity contribution in [3.63, 3.8) is 0 Å². The van der Waals surface area contributed by atoms with Crippen LogP contribution in [0.1, 0.15) is 41.4 Å². The van der Waals surface area contributed by atoms with Crippen LogP contribution in [0.2, 0.25) is 0 Å². The quantitative estimate of drug-likeness (QED) is 0.327. The second-order valence-corrected chi connectivity index (χ2v) is 10.1. The Kier molecular flexibility index (Phi) is 8.51. The third-order valence-electron chi connectivity index (χ3n) is 4.39. The molecule has 3 aromatic rings. The second-order valence-electron chi connectivity index (χ2n) is 6.73. The summed E-state index contributed by atoms with van der Waals surface area (Å²) in [5, 5.41) is 11.2. The van der Waals surface area contributed by atoms with E-state index in [1.165, 1.54) is 35.6 Å². The number of hydrogen-bond donors (Lipinski definition) is 1. The lowest BCUT2D eigenvalue weighted by molar-refractivity contribution is -0.119. The summed E-state index contributed by atoms with van der Waals surface area (Å²) in [6, 6.07) is 15.2. The normalized spacial score (nSPS) is 11.7. The van der Waals surface area contributed by atoms with Crippen molar-refractivity contribution in [2.24, 2.45) is 0 Å². The maximum Gasteiger partial charge on any atom is 0.217 e. The number of thioether (sulfide) groups is 2. The van der Waals surface area contributed by atoms with Gasteiger partial charge in [-0.2, -0.15) is 0 Å². The molecule has 0 fully saturated rings. The van der Waals surface area contributed by atoms with Crippen LogP contribution in [0.25, 0.3) is 0 Å². The summed E-state index contributed by atoms with van der Waals surface area (Å²) in [6.45, 7) is 3.40. The van der Waals surface area contributed by atoms with Gasteiger partial charge in [-0.15, -0.1) is 10.2 Å². The molecule has 31 heavy (non-hydrogen) atoms. The molecule has 0 saturated heterocycles. The maximum atomic E-state index is 12.5. The average molecular weight is 474 g/mol. The van der Waals surface area contributed by atoms with Crippen LogP contribution in [-0.4, -0.2) is 34.8 Å². The Hall–Kier alpha value is -2.36. The number of aromatic nitrogens is 2. The first-order chi connectivity index (χ1) is 14.9. The molecule has 0 aliphatic rings. The molecule has 1 N–H and O–H groups in total. The molecule has 1 heterocycles. The fourth-order valence-electron chi connectivity index (χ4n) is 2.74. The van der Waals surface area contributed by atoms with Gasteiger partial charge in [0.15, 0.2) is 14.5 Å². The van der Waals surface area contributed by atoms with Crippen molar-refractivity contribution in [1.82, 2.24) is 15.5 Å². The highest BCUT2D eigenvalue weighted by Gasteiger charge is 2.12. The highest BCUT2D eigenvalue weighted by molar-refractivity contribution is 8.03. The SMILES string of the molecule is COc1ccc(CSc2nnc(SCC(=O)c3ccc(C(C)NC(C)=O)cc3)s2)cc1. The summed E-state index contributed by atoms with van der Waals surface area (Å²) >= 11 is 4.52. The third-order valence-corrected chi connectivity index (χ3v) is 7.65. The molecule has 1 amide bonds. The van der Waals surface area contributed by atoms with Crippen LogP contribution < -0.4 is 10.1 Å². The Morgan fingerprint density at radius 1 is 1.03 bits per heavy atom. The predicted octanol–water partition coefficient (Wildman–Crippen LogP) is 5.01. The van der Waals surface area contributed by atoms with Crippen LogP contribution in [-0.2, 0) is 10.5 Å². The lowest BCUT2D eigenvalue weighted by Gasteiger charge is -2.13. The Labute approximate surface area is 194 Å². The number of Topliss-reactive ketones (excluding diaryl/α,β-unsaturated/α-hetero) is 1. The predicted molar refractivity (Wildman–Crippen MR) is 126 cm³/mol. The number of nitrogens with one attached hydrogen (secondary N) is 1. The van der Waals surface area contributed by atoms with Crippen molar-refractivity contribution in [1.29, 1.82) is 0 Å². The molecule has 1 aromatic heterocycles. The number of benzene rings is 2. The molecule has 6 nitrogen and oxygen atoms in total. The first-order valence-corrected chi connectivity index (χ1v) is 12.4. The highest BCUT2D eigenvalue weighted by atomic mass is 32.2. The molecule has 3 rings (SSSR count). The number of amides is 1. The minimum atomic E-state index is -0.0914. The number of rotatable bonds is 10. The van der Waals surface area contributed by atoms with Crippen LogP contribution >= 0.6 is 34.9 Å². The van der Waals surface area contributed by atoms with E-state index in [9.17, 15) is 9.59 Å². The number of carbonyl (C=O) groups is 2. The molecule has 1 atom stereocenters. The lowest BCUT2D eigenvalue weighted by Crippen LogP contribution is -2.23. The molecular formula is C22H23N3O3S3. The van der Waals surface area contributed by atoms with Crippen LogP contribution in [0.4, 0.5) is 0 Å². The largest absolute Gasteiger partial charge is 0.497 e. The van der Waals surface area contributed by atoms with Crippen molar-refractivity contribution >= 4 is 46.6 Å². The van der Waals surface area contributed by atoms with Gasteiger partial charge in [0.05, 0.1) is 18.9 Å². The molecule has 0 bridgehead atoms. The van der Waals surface area contributed by atoms with Gasteiger partial charge in [-0.1, -0.05) is 71.3 Å². The number of nitrogens with zero attached hydrogens (tertiary/aromatic N) is 2. The van der Waals surface area contributed by atoms with Crippen molar-refractivity contribution in [2.45, 2.75) is 34.3 Å². The molecule has 0 saturated carbocycles. The first-order valence-electron chi connectivity index (χ1n) is 9.57. The summed E-state index contributed by atoms with van der Waals surface area (Å²) in [7, 11) is 1.65. The zero-order valence-corrected chi connectivity index (χ0v) is 19.9. The molecule has 0 aliphatic carbocycles. The Balaban J connectivity index is 1.48. The summed E-state index contributed by atoms with van der Waals surface area (Å²) in [4.78, 5) is 23.7. The van der Waals surface area contributed by atoms with E-state index in [-0.39, 0.29) is 17.7 Å². The number of ketones is 1. The van der Waals surface area contributed by atoms with E-state index in [4.69, 9.17) is 4.74 Å². The molecule has 0 aliphatic heterocycles. The third kappa shape index (κ3) is 7.09. The van der Waals surface area contributed by atoms with E-state index < -0.39 is 0 Å². The fourth-order valence-corrected chi connectivity index (χ4v) is 5.61. The van der Waals surface area contributed by atoms with Crippen LogP contribution in [0, 0.1) is 0 Å². The number of ether oxygens (including phenoxy) is 1. The van der Waals surface area contributed by atoms with E-state index in [1.54, 1.807) is 31.0 Å². The Morgan fingerprint density at radius 2 is 1.68 bits per heavy atom. The minimum absolute atomic E-state index is 0.0337. The molecule has 0 spiro atoms. The van der Waals surface area contributed by atoms with Crippen molar-refractivity contribution < 1.29 is 14.3 Å². The average Bonchev–Trinajstić information content (AvgIpc) is 3.24. The summed E-state index contributed by atoms with van der Waals surface area (Å²) in [5.41, 5.74) is 2.79. The maximum absolute atomic E-state index is 12.5. The number of methoxy groups -OCH3 is 1. The highest BCUT2D eigenvalue weighted by Crippen LogP contribution is 2.31. The van der Waals surface area contributed by atoms with Crippen molar-refractivity contribution in [2.75, 3.05) is 12.9 Å². The standard InChI is InChI=1S/C22H23N3O3S3/c1-14(23-15(2)26)17-6-8-18(9-7-17)20(27)13-30-22-25-24-21(31-22)29-12-16-4-10-19(28-3)11-5-16/h4-11,14H,12-13H2,1-3H3,(H,23,26). The zero-order chi connectivity index (χ0) is 22.2. The minimum Gasteiger partial charge on any atom is -0.497 e. The van der Waals surface area contributed by atoms with Gasteiger partial charge >= 0.3 is 0 Å². The van der Waals surface area contributed by atoms with Crippen molar-refractivity contribution in [3.05, 3.63) is 65.2 Å². The molecular weight excluding hydrogens is 450 g/mol. The van der Waals surface area contributed by atoms with Gasteiger partial charge in [0.1, 0.15) is 5.75 Å². The van der Waals surface area contributed by atoms with Gasteiger partial charge in [0.25, 0.3) is 0 Å². The molecule has 2 aromatic carbocycles. The number of hydrogen-bond acceptors (Lipinski definition) is 8. The van der Waals surface area contributed by atoms with Gasteiger partial charge in [-0.3, -0.25) is 9.59 Å². The van der Waals surface area contributed by atoms with Crippen LogP contribution in [0.5, 0.6) is 5.75 Å². The van der Waals surface area contributed by atoms with Gasteiger partial charge < -0.3 is 10.1 Å². The monoisotopic (exact) mass is 473 g/mol. The Bertz CT molecular complexity index is 1020. The van der Waals surface area contributed by atoms with E-state index in [1.807, 2.05) is 43.3 Å². The fraction of sp³-hybridized carbons (Fsp3) is 0.273. The summed E-state index contributed by atoms with van der Waals surface area (Å²) in [6.07, 6.45) is 0. The van der Waals surface area contributed by atoms with Crippen molar-refractivity contribution in [3.8, 4) is 5.75 Å². The topological polar surface area (TPSA) is 81.2 Å². The van der Waals surface area contributed by atoms with E-state index in [2.05, 4.69) is 15.5 Å². The van der Waals surface area contributed by atoms with Gasteiger partial charge in [-0.25, -0.2) is 0 Å². The van der Waals surface area contributed by atoms with E-state index in [0.717, 1.165) is 25.7 Å². The summed E-state index contributed by atoms with van der Waals surface area (Å²) < 4.78 is 6.83. The lowest BCUT2D eigenvalue weighted by atomic mass is 10.0. The van der Waals surface area contributed by atoms with E-state index in [0.29, 0.717) is 11.3 Å². The second kappa shape index (κ2) is 11.3. The van der Waals surface area contributed by atoms with Gasteiger partial charge in [-0.05, 0) is 30.2 Å². The first kappa shape index (κ1) is 23.3. The van der Waals surface area contributed by atoms with Crippen LogP contribution in [0.3, 0.4) is 0 Å². The molecule has 9 heteroatoms. The van der Waals surface area contributed by atoms with Gasteiger partial charge in [0, 0.05) is 18.2 Å². The molecule has 0 radical (unpaired) electrons. The summed E-state index contributed by atoms with van der Waals surface area (Å²) in [5.74, 6) is 1.89. The number of carbonyl (C=O) groups excluding carboxylic acids is 2. The molecule has 1 unspecified atom stereocenters.